The van der Waals surface area contributed by atoms with Gasteiger partial charge in [-0.2, -0.15) is 0 Å². The highest BCUT2D eigenvalue weighted by Gasteiger charge is 2.49. The summed E-state index contributed by atoms with van der Waals surface area (Å²) in [5.41, 5.74) is -0.301. The van der Waals surface area contributed by atoms with E-state index in [9.17, 15) is 14.4 Å². The Morgan fingerprint density at radius 1 is 0.941 bits per heavy atom. The Hall–Kier alpha value is -4.33. The van der Waals surface area contributed by atoms with E-state index in [1.54, 1.807) is 31.2 Å². The number of ether oxygens (including phenoxy) is 2. The molecule has 1 N–H and O–H groups in total. The molecule has 0 bridgehead atoms. The lowest BCUT2D eigenvalue weighted by Gasteiger charge is -2.25. The van der Waals surface area contributed by atoms with E-state index in [4.69, 9.17) is 13.9 Å². The third-order valence-corrected chi connectivity index (χ3v) is 6.44. The van der Waals surface area contributed by atoms with E-state index in [2.05, 4.69) is 5.32 Å². The molecule has 1 unspecified atom stereocenters. The highest BCUT2D eigenvalue weighted by molar-refractivity contribution is 6.09. The van der Waals surface area contributed by atoms with E-state index in [1.165, 1.54) is 6.07 Å². The van der Waals surface area contributed by atoms with Crippen molar-refractivity contribution in [2.24, 2.45) is 0 Å². The molecule has 34 heavy (non-hydrogen) atoms. The summed E-state index contributed by atoms with van der Waals surface area (Å²) in [4.78, 5) is 39.9. The molecule has 3 amide bonds. The number of imide groups is 1. The van der Waals surface area contributed by atoms with Gasteiger partial charge in [-0.15, -0.1) is 0 Å². The van der Waals surface area contributed by atoms with E-state index in [0.29, 0.717) is 46.8 Å². The summed E-state index contributed by atoms with van der Waals surface area (Å²) in [6, 6.07) is 17.3. The van der Waals surface area contributed by atoms with Crippen LogP contribution in [0.15, 0.2) is 69.9 Å². The van der Waals surface area contributed by atoms with E-state index in [0.717, 1.165) is 15.7 Å². The zero-order valence-corrected chi connectivity index (χ0v) is 18.3. The van der Waals surface area contributed by atoms with E-state index in [-0.39, 0.29) is 6.54 Å². The van der Waals surface area contributed by atoms with Crippen LogP contribution in [0.4, 0.5) is 4.79 Å². The van der Waals surface area contributed by atoms with Crippen molar-refractivity contribution in [1.29, 1.82) is 0 Å². The van der Waals surface area contributed by atoms with Gasteiger partial charge in [0, 0.05) is 11.5 Å². The van der Waals surface area contributed by atoms with Gasteiger partial charge in [0.2, 0.25) is 0 Å². The third kappa shape index (κ3) is 3.02. The van der Waals surface area contributed by atoms with Gasteiger partial charge in [0.15, 0.2) is 11.5 Å². The third-order valence-electron chi connectivity index (χ3n) is 6.44. The molecule has 6 rings (SSSR count). The van der Waals surface area contributed by atoms with E-state index >= 15 is 0 Å². The van der Waals surface area contributed by atoms with Crippen molar-refractivity contribution in [3.63, 3.8) is 0 Å². The first kappa shape index (κ1) is 20.3. The van der Waals surface area contributed by atoms with Crippen LogP contribution in [0.2, 0.25) is 0 Å². The quantitative estimate of drug-likeness (QED) is 0.287. The fraction of sp³-hybridized carbons (Fsp3) is 0.192. The van der Waals surface area contributed by atoms with Crippen LogP contribution >= 0.6 is 0 Å². The maximum absolute atomic E-state index is 13.6. The average molecular weight is 456 g/mol. The molecule has 1 atom stereocenters. The summed E-state index contributed by atoms with van der Waals surface area (Å²) in [7, 11) is 0. The van der Waals surface area contributed by atoms with E-state index < -0.39 is 23.1 Å². The fourth-order valence-electron chi connectivity index (χ4n) is 4.71. The Bertz CT molecular complexity index is 1560. The molecule has 8 heteroatoms. The summed E-state index contributed by atoms with van der Waals surface area (Å²) in [6.07, 6.45) is 0. The second kappa shape index (κ2) is 7.34. The summed E-state index contributed by atoms with van der Waals surface area (Å²) in [5.74, 6) is 0.709. The van der Waals surface area contributed by atoms with Crippen molar-refractivity contribution in [2.45, 2.75) is 19.0 Å². The van der Waals surface area contributed by atoms with Crippen LogP contribution in [0.25, 0.3) is 21.7 Å². The lowest BCUT2D eigenvalue weighted by Crippen LogP contribution is -2.41. The summed E-state index contributed by atoms with van der Waals surface area (Å²) in [6.45, 7) is 2.46. The number of fused-ring (bicyclic) bond motifs is 4. The average Bonchev–Trinajstić information content (AvgIpc) is 3.07. The molecule has 170 valence electrons. The summed E-state index contributed by atoms with van der Waals surface area (Å²) < 4.78 is 16.6. The predicted molar refractivity (Wildman–Crippen MR) is 124 cm³/mol. The van der Waals surface area contributed by atoms with Gasteiger partial charge in [-0.25, -0.2) is 9.59 Å². The molecule has 1 saturated heterocycles. The Morgan fingerprint density at radius 2 is 1.74 bits per heavy atom. The SMILES string of the molecule is CC1(c2ccc3c(c2)OCCO3)NC(=O)N(Cc2cc(=O)oc3ccc4ccccc4c23)C1=O. The molecular weight excluding hydrogens is 436 g/mol. The number of rotatable bonds is 3. The van der Waals surface area contributed by atoms with Crippen LogP contribution in [-0.2, 0) is 16.9 Å². The van der Waals surface area contributed by atoms with Crippen LogP contribution in [-0.4, -0.2) is 30.1 Å². The number of amides is 3. The molecule has 3 heterocycles. The van der Waals surface area contributed by atoms with Gasteiger partial charge < -0.3 is 19.2 Å². The monoisotopic (exact) mass is 456 g/mol. The second-order valence-corrected chi connectivity index (χ2v) is 8.56. The highest BCUT2D eigenvalue weighted by atomic mass is 16.6. The Morgan fingerprint density at radius 3 is 2.59 bits per heavy atom. The van der Waals surface area contributed by atoms with Crippen LogP contribution < -0.4 is 20.4 Å². The topological polar surface area (TPSA) is 98.1 Å². The molecule has 1 aromatic heterocycles. The summed E-state index contributed by atoms with van der Waals surface area (Å²) >= 11 is 0. The van der Waals surface area contributed by atoms with Crippen LogP contribution in [0.5, 0.6) is 11.5 Å². The maximum Gasteiger partial charge on any atom is 0.336 e. The molecule has 0 aliphatic carbocycles. The lowest BCUT2D eigenvalue weighted by atomic mass is 9.91. The largest absolute Gasteiger partial charge is 0.486 e. The van der Waals surface area contributed by atoms with Crippen molar-refractivity contribution in [1.82, 2.24) is 10.2 Å². The molecule has 0 saturated carbocycles. The van der Waals surface area contributed by atoms with Gasteiger partial charge in [0.05, 0.1) is 6.54 Å². The molecule has 3 aromatic carbocycles. The van der Waals surface area contributed by atoms with Crippen molar-refractivity contribution in [3.05, 3.63) is 82.2 Å². The second-order valence-electron chi connectivity index (χ2n) is 8.56. The highest BCUT2D eigenvalue weighted by Crippen LogP contribution is 2.37. The molecule has 8 nitrogen and oxygen atoms in total. The van der Waals surface area contributed by atoms with Gasteiger partial charge >= 0.3 is 11.7 Å². The van der Waals surface area contributed by atoms with Gasteiger partial charge in [0.25, 0.3) is 5.91 Å². The van der Waals surface area contributed by atoms with E-state index in [1.807, 2.05) is 30.3 Å². The Kier molecular flexibility index (Phi) is 4.38. The first-order valence-corrected chi connectivity index (χ1v) is 10.9. The zero-order valence-electron chi connectivity index (χ0n) is 18.3. The standard InChI is InChI=1S/C26H20N2O6/c1-26(17-7-9-19-21(13-17)33-11-10-32-19)24(30)28(25(31)27-26)14-16-12-22(29)34-20-8-6-15-4-2-3-5-18(15)23(16)20/h2-9,12-13H,10-11,14H2,1H3,(H,27,31). The van der Waals surface area contributed by atoms with Crippen molar-refractivity contribution >= 4 is 33.7 Å². The Balaban J connectivity index is 1.41. The molecule has 0 spiro atoms. The minimum absolute atomic E-state index is 0.0685. The number of carbonyl (C=O) groups excluding carboxylic acids is 2. The molecule has 0 radical (unpaired) electrons. The van der Waals surface area contributed by atoms with Crippen LogP contribution in [0.3, 0.4) is 0 Å². The summed E-state index contributed by atoms with van der Waals surface area (Å²) in [5, 5.41) is 5.35. The molecule has 1 fully saturated rings. The van der Waals surface area contributed by atoms with Gasteiger partial charge in [-0.3, -0.25) is 9.69 Å². The number of hydrogen-bond donors (Lipinski definition) is 1. The smallest absolute Gasteiger partial charge is 0.336 e. The predicted octanol–water partition coefficient (Wildman–Crippen LogP) is 3.68. The number of benzene rings is 3. The van der Waals surface area contributed by atoms with Crippen molar-refractivity contribution in [3.8, 4) is 11.5 Å². The van der Waals surface area contributed by atoms with Crippen molar-refractivity contribution in [2.75, 3.05) is 13.2 Å². The molecule has 2 aliphatic heterocycles. The number of nitrogens with one attached hydrogen (secondary N) is 1. The van der Waals surface area contributed by atoms with Gasteiger partial charge in [-0.1, -0.05) is 36.4 Å². The lowest BCUT2D eigenvalue weighted by molar-refractivity contribution is -0.131. The fourth-order valence-corrected chi connectivity index (χ4v) is 4.71. The minimum Gasteiger partial charge on any atom is -0.486 e. The zero-order chi connectivity index (χ0) is 23.4. The minimum atomic E-state index is -1.29. The van der Waals surface area contributed by atoms with Crippen LogP contribution in [0, 0.1) is 0 Å². The molecular formula is C26H20N2O6. The van der Waals surface area contributed by atoms with Crippen LogP contribution in [0.1, 0.15) is 18.1 Å². The normalized spacial score (nSPS) is 19.6. The number of urea groups is 1. The first-order chi connectivity index (χ1) is 16.4. The first-order valence-electron chi connectivity index (χ1n) is 10.9. The molecule has 2 aliphatic rings. The van der Waals surface area contributed by atoms with Crippen molar-refractivity contribution < 1.29 is 23.5 Å². The number of nitrogens with zero attached hydrogens (tertiary/aromatic N) is 1. The van der Waals surface area contributed by atoms with Gasteiger partial charge in [0.1, 0.15) is 24.3 Å². The Labute approximate surface area is 193 Å². The number of hydrogen-bond acceptors (Lipinski definition) is 6. The molecule has 4 aromatic rings. The van der Waals surface area contributed by atoms with Gasteiger partial charge in [-0.05, 0) is 47.0 Å². The number of carbonyl (C=O) groups is 2. The maximum atomic E-state index is 13.6.